The molecule has 2 aromatic rings. The van der Waals surface area contributed by atoms with Gasteiger partial charge in [-0.3, -0.25) is 4.79 Å². The molecule has 0 radical (unpaired) electrons. The highest BCUT2D eigenvalue weighted by Crippen LogP contribution is 2.27. The predicted molar refractivity (Wildman–Crippen MR) is 92.8 cm³/mol. The molecule has 0 fully saturated rings. The molecule has 3 rings (SSSR count). The smallest absolute Gasteiger partial charge is 0.255 e. The van der Waals surface area contributed by atoms with Gasteiger partial charge in [-0.25, -0.2) is 8.42 Å². The van der Waals surface area contributed by atoms with Gasteiger partial charge in [0, 0.05) is 17.5 Å². The summed E-state index contributed by atoms with van der Waals surface area (Å²) in [6, 6.07) is 12.1. The number of aryl methyl sites for hydroxylation is 1. The molecule has 1 heterocycles. The number of hydrogen-bond acceptors (Lipinski definition) is 4. The number of benzene rings is 2. The van der Waals surface area contributed by atoms with Crippen LogP contribution in [0.4, 0.5) is 5.69 Å². The van der Waals surface area contributed by atoms with Crippen molar-refractivity contribution in [1.82, 2.24) is 0 Å². The van der Waals surface area contributed by atoms with Crippen LogP contribution in [0.1, 0.15) is 11.1 Å². The SMILES string of the molecule is Cc1ccc(S(C)(=O)=O)cc1NC(=O)C1=Cc2ccccc2OC1. The first kappa shape index (κ1) is 16.3. The second-order valence-electron chi connectivity index (χ2n) is 5.70. The van der Waals surface area contributed by atoms with Crippen molar-refractivity contribution in [2.75, 3.05) is 18.2 Å². The van der Waals surface area contributed by atoms with Crippen molar-refractivity contribution in [1.29, 1.82) is 0 Å². The fourth-order valence-electron chi connectivity index (χ4n) is 2.42. The number of carbonyl (C=O) groups excluding carboxylic acids is 1. The van der Waals surface area contributed by atoms with Crippen LogP contribution < -0.4 is 10.1 Å². The van der Waals surface area contributed by atoms with Crippen molar-refractivity contribution in [3.05, 3.63) is 59.2 Å². The van der Waals surface area contributed by atoms with Gasteiger partial charge in [0.1, 0.15) is 12.4 Å². The van der Waals surface area contributed by atoms with Crippen LogP contribution in [0.25, 0.3) is 6.08 Å². The molecule has 1 aliphatic heterocycles. The molecular weight excluding hydrogens is 326 g/mol. The molecule has 0 unspecified atom stereocenters. The van der Waals surface area contributed by atoms with Crippen LogP contribution in [0, 0.1) is 6.92 Å². The van der Waals surface area contributed by atoms with Gasteiger partial charge in [-0.05, 0) is 36.8 Å². The van der Waals surface area contributed by atoms with Crippen LogP contribution in [0.3, 0.4) is 0 Å². The molecule has 0 spiro atoms. The van der Waals surface area contributed by atoms with E-state index < -0.39 is 9.84 Å². The van der Waals surface area contributed by atoms with Crippen molar-refractivity contribution < 1.29 is 17.9 Å². The van der Waals surface area contributed by atoms with Crippen molar-refractivity contribution >= 4 is 27.5 Å². The predicted octanol–water partition coefficient (Wildman–Crippen LogP) is 2.81. The molecule has 0 saturated heterocycles. The Balaban J connectivity index is 1.87. The first-order chi connectivity index (χ1) is 11.3. The third-order valence-corrected chi connectivity index (χ3v) is 4.92. The van der Waals surface area contributed by atoms with Gasteiger partial charge in [-0.2, -0.15) is 0 Å². The van der Waals surface area contributed by atoms with Gasteiger partial charge in [-0.15, -0.1) is 0 Å². The average Bonchev–Trinajstić information content (AvgIpc) is 2.55. The Labute approximate surface area is 140 Å². The Kier molecular flexibility index (Phi) is 4.15. The molecular formula is C18H17NO4S. The van der Waals surface area contributed by atoms with Gasteiger partial charge in [0.2, 0.25) is 0 Å². The Bertz CT molecular complexity index is 945. The van der Waals surface area contributed by atoms with E-state index in [2.05, 4.69) is 5.32 Å². The number of rotatable bonds is 3. The summed E-state index contributed by atoms with van der Waals surface area (Å²) in [6.07, 6.45) is 2.92. The summed E-state index contributed by atoms with van der Waals surface area (Å²) in [5.74, 6) is 0.433. The van der Waals surface area contributed by atoms with Gasteiger partial charge < -0.3 is 10.1 Å². The highest BCUT2D eigenvalue weighted by Gasteiger charge is 2.18. The van der Waals surface area contributed by atoms with E-state index in [1.807, 2.05) is 31.2 Å². The first-order valence-corrected chi connectivity index (χ1v) is 9.28. The topological polar surface area (TPSA) is 72.5 Å². The number of carbonyl (C=O) groups is 1. The van der Waals surface area contributed by atoms with Crippen molar-refractivity contribution in [2.24, 2.45) is 0 Å². The summed E-state index contributed by atoms with van der Waals surface area (Å²) in [5, 5.41) is 2.77. The fraction of sp³-hybridized carbons (Fsp3) is 0.167. The molecule has 1 amide bonds. The van der Waals surface area contributed by atoms with Gasteiger partial charge in [-0.1, -0.05) is 24.3 Å². The standard InChI is InChI=1S/C18H17NO4S/c1-12-7-8-15(24(2,21)22)10-16(12)19-18(20)14-9-13-5-3-4-6-17(13)23-11-14/h3-10H,11H2,1-2H3,(H,19,20). The van der Waals surface area contributed by atoms with Gasteiger partial charge in [0.15, 0.2) is 9.84 Å². The molecule has 24 heavy (non-hydrogen) atoms. The zero-order valence-electron chi connectivity index (χ0n) is 13.4. The van der Waals surface area contributed by atoms with Gasteiger partial charge >= 0.3 is 0 Å². The van der Waals surface area contributed by atoms with E-state index in [-0.39, 0.29) is 17.4 Å². The Morgan fingerprint density at radius 3 is 2.67 bits per heavy atom. The Morgan fingerprint density at radius 1 is 1.17 bits per heavy atom. The lowest BCUT2D eigenvalue weighted by Crippen LogP contribution is -2.21. The first-order valence-electron chi connectivity index (χ1n) is 7.39. The highest BCUT2D eigenvalue weighted by molar-refractivity contribution is 7.90. The second-order valence-corrected chi connectivity index (χ2v) is 7.71. The largest absolute Gasteiger partial charge is 0.488 e. The number of ether oxygens (including phenoxy) is 1. The minimum atomic E-state index is -3.33. The fourth-order valence-corrected chi connectivity index (χ4v) is 3.06. The quantitative estimate of drug-likeness (QED) is 0.930. The third-order valence-electron chi connectivity index (χ3n) is 3.81. The summed E-state index contributed by atoms with van der Waals surface area (Å²) in [7, 11) is -3.33. The monoisotopic (exact) mass is 343 g/mol. The van der Waals surface area contributed by atoms with Crippen LogP contribution in [-0.2, 0) is 14.6 Å². The van der Waals surface area contributed by atoms with Crippen molar-refractivity contribution in [3.8, 4) is 5.75 Å². The highest BCUT2D eigenvalue weighted by atomic mass is 32.2. The molecule has 5 nitrogen and oxygen atoms in total. The Morgan fingerprint density at radius 2 is 1.92 bits per heavy atom. The maximum absolute atomic E-state index is 12.5. The number of fused-ring (bicyclic) bond motifs is 1. The van der Waals surface area contributed by atoms with E-state index in [0.29, 0.717) is 11.3 Å². The molecule has 1 aliphatic rings. The van der Waals surface area contributed by atoms with Crippen LogP contribution in [0.15, 0.2) is 52.9 Å². The lowest BCUT2D eigenvalue weighted by molar-refractivity contribution is -0.113. The normalized spacial score (nSPS) is 13.5. The van der Waals surface area contributed by atoms with Crippen LogP contribution >= 0.6 is 0 Å². The minimum absolute atomic E-state index is 0.169. The Hall–Kier alpha value is -2.60. The summed E-state index contributed by atoms with van der Waals surface area (Å²) in [4.78, 5) is 12.7. The van der Waals surface area contributed by atoms with E-state index >= 15 is 0 Å². The minimum Gasteiger partial charge on any atom is -0.488 e. The summed E-state index contributed by atoms with van der Waals surface area (Å²) in [5.41, 5.74) is 2.59. The molecule has 0 atom stereocenters. The molecule has 1 N–H and O–H groups in total. The van der Waals surface area contributed by atoms with E-state index in [4.69, 9.17) is 4.74 Å². The van der Waals surface area contributed by atoms with Gasteiger partial charge in [0.25, 0.3) is 5.91 Å². The molecule has 2 aromatic carbocycles. The molecule has 0 aliphatic carbocycles. The van der Waals surface area contributed by atoms with Crippen molar-refractivity contribution in [2.45, 2.75) is 11.8 Å². The number of para-hydroxylation sites is 1. The molecule has 0 bridgehead atoms. The third kappa shape index (κ3) is 3.33. The van der Waals surface area contributed by atoms with Crippen LogP contribution in [0.2, 0.25) is 0 Å². The van der Waals surface area contributed by atoms with Crippen LogP contribution in [-0.4, -0.2) is 27.2 Å². The van der Waals surface area contributed by atoms with Crippen LogP contribution in [0.5, 0.6) is 5.75 Å². The summed E-state index contributed by atoms with van der Waals surface area (Å²) in [6.45, 7) is 1.98. The number of sulfone groups is 1. The number of anilines is 1. The number of hydrogen-bond donors (Lipinski definition) is 1. The molecule has 124 valence electrons. The average molecular weight is 343 g/mol. The lowest BCUT2D eigenvalue weighted by atomic mass is 10.1. The summed E-state index contributed by atoms with van der Waals surface area (Å²) < 4.78 is 28.9. The number of nitrogens with one attached hydrogen (secondary N) is 1. The molecule has 0 saturated carbocycles. The maximum atomic E-state index is 12.5. The maximum Gasteiger partial charge on any atom is 0.255 e. The van der Waals surface area contributed by atoms with Crippen molar-refractivity contribution in [3.63, 3.8) is 0 Å². The summed E-state index contributed by atoms with van der Waals surface area (Å²) >= 11 is 0. The van der Waals surface area contributed by atoms with E-state index in [1.54, 1.807) is 12.1 Å². The zero-order valence-corrected chi connectivity index (χ0v) is 14.2. The molecule has 0 aromatic heterocycles. The van der Waals surface area contributed by atoms with E-state index in [0.717, 1.165) is 23.1 Å². The van der Waals surface area contributed by atoms with Gasteiger partial charge in [0.05, 0.1) is 10.5 Å². The second kappa shape index (κ2) is 6.13. The van der Waals surface area contributed by atoms with E-state index in [9.17, 15) is 13.2 Å². The zero-order chi connectivity index (χ0) is 17.3. The van der Waals surface area contributed by atoms with E-state index in [1.165, 1.54) is 12.1 Å². The lowest BCUT2D eigenvalue weighted by Gasteiger charge is -2.18. The molecule has 6 heteroatoms. The number of amides is 1.